The molecule has 0 atom stereocenters. The zero-order valence-corrected chi connectivity index (χ0v) is 13.1. The fourth-order valence-corrected chi connectivity index (χ4v) is 1.94. The van der Waals surface area contributed by atoms with Crippen LogP contribution in [0.3, 0.4) is 0 Å². The molecule has 1 amide bonds. The highest BCUT2D eigenvalue weighted by Gasteiger charge is 2.14. The second-order valence-corrected chi connectivity index (χ2v) is 4.86. The molecule has 0 fully saturated rings. The summed E-state index contributed by atoms with van der Waals surface area (Å²) in [5.41, 5.74) is 0.0691. The fourth-order valence-electron chi connectivity index (χ4n) is 1.94. The van der Waals surface area contributed by atoms with E-state index in [1.54, 1.807) is 30.3 Å². The molecule has 0 unspecified atom stereocenters. The molecule has 0 aliphatic rings. The predicted octanol–water partition coefficient (Wildman–Crippen LogP) is 2.85. The Hall–Kier alpha value is -3.86. The number of carbonyl (C=O) groups excluding carboxylic acids is 1. The maximum absolute atomic E-state index is 12.2. The Balaban J connectivity index is 2.21. The van der Waals surface area contributed by atoms with Crippen LogP contribution in [0.5, 0.6) is 11.5 Å². The first-order chi connectivity index (χ1) is 11.9. The number of methoxy groups -OCH3 is 1. The first-order valence-electron chi connectivity index (χ1n) is 6.99. The van der Waals surface area contributed by atoms with E-state index in [1.807, 2.05) is 0 Å². The molecule has 0 aliphatic heterocycles. The lowest BCUT2D eigenvalue weighted by atomic mass is 10.1. The maximum atomic E-state index is 12.2. The number of anilines is 1. The number of hydrogen-bond donors (Lipinski definition) is 2. The Morgan fingerprint density at radius 1 is 1.32 bits per heavy atom. The van der Waals surface area contributed by atoms with Gasteiger partial charge in [0.1, 0.15) is 23.1 Å². The number of carbonyl (C=O) groups is 1. The minimum Gasteiger partial charge on any atom is -0.506 e. The second-order valence-electron chi connectivity index (χ2n) is 4.86. The molecule has 0 aliphatic carbocycles. The molecule has 0 radical (unpaired) electrons. The second kappa shape index (κ2) is 7.61. The number of non-ortho nitro benzene ring substituents is 1. The maximum Gasteiger partial charge on any atom is 0.273 e. The van der Waals surface area contributed by atoms with E-state index >= 15 is 0 Å². The van der Waals surface area contributed by atoms with Crippen molar-refractivity contribution in [3.63, 3.8) is 0 Å². The molecule has 2 aromatic rings. The van der Waals surface area contributed by atoms with Crippen LogP contribution < -0.4 is 10.1 Å². The summed E-state index contributed by atoms with van der Waals surface area (Å²) in [6, 6.07) is 11.7. The van der Waals surface area contributed by atoms with Gasteiger partial charge in [-0.15, -0.1) is 0 Å². The third-order valence-electron chi connectivity index (χ3n) is 3.23. The van der Waals surface area contributed by atoms with Gasteiger partial charge in [0.25, 0.3) is 11.6 Å². The van der Waals surface area contributed by atoms with Crippen molar-refractivity contribution in [2.24, 2.45) is 0 Å². The number of hydrogen-bond acceptors (Lipinski definition) is 6. The summed E-state index contributed by atoms with van der Waals surface area (Å²) < 4.78 is 5.03. The lowest BCUT2D eigenvalue weighted by Crippen LogP contribution is -2.13. The molecular formula is C17H13N3O5. The first kappa shape index (κ1) is 17.5. The minimum atomic E-state index is -0.748. The monoisotopic (exact) mass is 339 g/mol. The number of aromatic hydroxyl groups is 1. The normalized spacial score (nSPS) is 10.6. The summed E-state index contributed by atoms with van der Waals surface area (Å²) in [6.07, 6.45) is 1.37. The lowest BCUT2D eigenvalue weighted by molar-refractivity contribution is -0.384. The highest BCUT2D eigenvalue weighted by Crippen LogP contribution is 2.28. The summed E-state index contributed by atoms with van der Waals surface area (Å²) in [4.78, 5) is 22.1. The number of phenols is 1. The van der Waals surface area contributed by atoms with Gasteiger partial charge in [0.15, 0.2) is 0 Å². The van der Waals surface area contributed by atoms with Crippen molar-refractivity contribution in [3.8, 4) is 17.6 Å². The van der Waals surface area contributed by atoms with Gasteiger partial charge in [0, 0.05) is 6.07 Å². The standard InChI is InChI=1S/C17H13N3O5/c1-25-14-5-2-11(3-6-14)8-12(10-18)17(22)19-15-7-4-13(20(23)24)9-16(15)21/h2-9,21H,1H3,(H,19,22). The highest BCUT2D eigenvalue weighted by atomic mass is 16.6. The number of nitriles is 1. The highest BCUT2D eigenvalue weighted by molar-refractivity contribution is 6.10. The summed E-state index contributed by atoms with van der Waals surface area (Å²) in [7, 11) is 1.52. The topological polar surface area (TPSA) is 125 Å². The van der Waals surface area contributed by atoms with Crippen LogP contribution >= 0.6 is 0 Å². The number of rotatable bonds is 5. The Morgan fingerprint density at radius 2 is 2.00 bits per heavy atom. The Bertz CT molecular complexity index is 882. The molecule has 0 aromatic heterocycles. The number of phenolic OH excluding ortho intramolecular Hbond substituents is 1. The van der Waals surface area contributed by atoms with Gasteiger partial charge in [-0.1, -0.05) is 12.1 Å². The number of amides is 1. The van der Waals surface area contributed by atoms with Crippen molar-refractivity contribution >= 4 is 23.4 Å². The number of ether oxygens (including phenoxy) is 1. The molecule has 0 heterocycles. The summed E-state index contributed by atoms with van der Waals surface area (Å²) in [5, 5.41) is 31.9. The SMILES string of the molecule is COc1ccc(C=C(C#N)C(=O)Nc2ccc([N+](=O)[O-])cc2O)cc1. The van der Waals surface area contributed by atoms with E-state index in [-0.39, 0.29) is 16.9 Å². The minimum absolute atomic E-state index is 0.0357. The van der Waals surface area contributed by atoms with Crippen molar-refractivity contribution in [2.75, 3.05) is 12.4 Å². The van der Waals surface area contributed by atoms with Crippen molar-refractivity contribution in [1.29, 1.82) is 5.26 Å². The van der Waals surface area contributed by atoms with E-state index in [0.717, 1.165) is 12.1 Å². The number of nitro groups is 1. The zero-order valence-electron chi connectivity index (χ0n) is 13.1. The van der Waals surface area contributed by atoms with Gasteiger partial charge >= 0.3 is 0 Å². The molecule has 126 valence electrons. The Kier molecular flexibility index (Phi) is 5.32. The third-order valence-corrected chi connectivity index (χ3v) is 3.23. The quantitative estimate of drug-likeness (QED) is 0.284. The largest absolute Gasteiger partial charge is 0.506 e. The average molecular weight is 339 g/mol. The smallest absolute Gasteiger partial charge is 0.273 e. The van der Waals surface area contributed by atoms with Gasteiger partial charge in [-0.2, -0.15) is 5.26 Å². The van der Waals surface area contributed by atoms with Gasteiger partial charge in [-0.25, -0.2) is 0 Å². The van der Waals surface area contributed by atoms with Crippen molar-refractivity contribution in [3.05, 3.63) is 63.7 Å². The van der Waals surface area contributed by atoms with E-state index in [4.69, 9.17) is 10.00 Å². The van der Waals surface area contributed by atoms with Crippen LogP contribution in [0.15, 0.2) is 48.0 Å². The van der Waals surface area contributed by atoms with E-state index in [0.29, 0.717) is 11.3 Å². The zero-order chi connectivity index (χ0) is 18.4. The van der Waals surface area contributed by atoms with Crippen LogP contribution in [0.1, 0.15) is 5.56 Å². The van der Waals surface area contributed by atoms with Crippen LogP contribution in [0.2, 0.25) is 0 Å². The molecule has 0 saturated heterocycles. The molecule has 8 nitrogen and oxygen atoms in total. The van der Waals surface area contributed by atoms with Crippen LogP contribution in [0.4, 0.5) is 11.4 Å². The fraction of sp³-hybridized carbons (Fsp3) is 0.0588. The van der Waals surface area contributed by atoms with Crippen LogP contribution in [0.25, 0.3) is 6.08 Å². The van der Waals surface area contributed by atoms with Crippen molar-refractivity contribution < 1.29 is 19.6 Å². The van der Waals surface area contributed by atoms with Gasteiger partial charge in [-0.3, -0.25) is 14.9 Å². The van der Waals surface area contributed by atoms with Crippen LogP contribution in [0, 0.1) is 21.4 Å². The van der Waals surface area contributed by atoms with Gasteiger partial charge in [0.2, 0.25) is 0 Å². The summed E-state index contributed by atoms with van der Waals surface area (Å²) in [6.45, 7) is 0. The van der Waals surface area contributed by atoms with E-state index < -0.39 is 16.6 Å². The van der Waals surface area contributed by atoms with E-state index in [2.05, 4.69) is 5.32 Å². The molecule has 2 rings (SSSR count). The van der Waals surface area contributed by atoms with Gasteiger partial charge in [0.05, 0.1) is 23.8 Å². The Labute approximate surface area is 142 Å². The summed E-state index contributed by atoms with van der Waals surface area (Å²) in [5.74, 6) is -0.581. The molecule has 0 spiro atoms. The van der Waals surface area contributed by atoms with Crippen LogP contribution in [-0.4, -0.2) is 23.0 Å². The molecule has 8 heteroatoms. The average Bonchev–Trinajstić information content (AvgIpc) is 2.61. The number of nitrogens with zero attached hydrogens (tertiary/aromatic N) is 2. The molecule has 2 aromatic carbocycles. The molecule has 0 bridgehead atoms. The van der Waals surface area contributed by atoms with Crippen molar-refractivity contribution in [1.82, 2.24) is 0 Å². The Morgan fingerprint density at radius 3 is 2.52 bits per heavy atom. The summed E-state index contributed by atoms with van der Waals surface area (Å²) >= 11 is 0. The van der Waals surface area contributed by atoms with Gasteiger partial charge < -0.3 is 15.2 Å². The van der Waals surface area contributed by atoms with Crippen molar-refractivity contribution in [2.45, 2.75) is 0 Å². The molecule has 2 N–H and O–H groups in total. The van der Waals surface area contributed by atoms with E-state index in [9.17, 15) is 20.0 Å². The lowest BCUT2D eigenvalue weighted by Gasteiger charge is -2.06. The van der Waals surface area contributed by atoms with E-state index in [1.165, 1.54) is 19.3 Å². The number of nitro benzene ring substituents is 1. The number of benzene rings is 2. The third kappa shape index (κ3) is 4.33. The number of nitrogens with one attached hydrogen (secondary N) is 1. The van der Waals surface area contributed by atoms with Crippen LogP contribution in [-0.2, 0) is 4.79 Å². The molecule has 0 saturated carbocycles. The predicted molar refractivity (Wildman–Crippen MR) is 90.0 cm³/mol. The van der Waals surface area contributed by atoms with Gasteiger partial charge in [-0.05, 0) is 29.8 Å². The molecular weight excluding hydrogens is 326 g/mol. The molecule has 25 heavy (non-hydrogen) atoms. The first-order valence-corrected chi connectivity index (χ1v) is 6.99.